The summed E-state index contributed by atoms with van der Waals surface area (Å²) < 4.78 is 2.70. The topological polar surface area (TPSA) is 15.6 Å². The van der Waals surface area contributed by atoms with Crippen LogP contribution < -0.4 is 0 Å². The van der Waals surface area contributed by atoms with E-state index in [0.29, 0.717) is 0 Å². The maximum atomic E-state index is 4.55. The minimum Gasteiger partial charge on any atom is -0.317 e. The molecule has 0 amide bonds. The molecule has 19 heavy (non-hydrogen) atoms. The maximum Gasteiger partial charge on any atom is 0.169 e. The fourth-order valence-corrected chi connectivity index (χ4v) is 5.41. The van der Waals surface area contributed by atoms with Crippen LogP contribution in [-0.4, -0.2) is 23.2 Å². The number of thiophene rings is 1. The Hall–Kier alpha value is -0.240. The first-order valence-corrected chi connectivity index (χ1v) is 8.48. The number of hydrogen-bond acceptors (Lipinski definition) is 4. The Balaban J connectivity index is 0.00000110. The van der Waals surface area contributed by atoms with E-state index in [1.54, 1.807) is 11.8 Å². The molecule has 0 fully saturated rings. The molecule has 0 saturated heterocycles. The number of amidine groups is 1. The number of hydrogen-bond donors (Lipinski definition) is 0. The Morgan fingerprint density at radius 3 is 3.00 bits per heavy atom. The lowest BCUT2D eigenvalue weighted by molar-refractivity contribution is 0.650. The number of rotatable bonds is 1. The summed E-state index contributed by atoms with van der Waals surface area (Å²) in [7, 11) is 0. The van der Waals surface area contributed by atoms with Gasteiger partial charge in [0.15, 0.2) is 5.17 Å². The normalized spacial score (nSPS) is 17.7. The van der Waals surface area contributed by atoms with Crippen molar-refractivity contribution in [1.82, 2.24) is 4.90 Å². The number of fused-ring (bicyclic) bond motifs is 2. The molecule has 0 N–H and O–H groups in total. The second kappa shape index (κ2) is 5.27. The number of aliphatic imine (C=N–C) groups is 1. The lowest BCUT2D eigenvalue weighted by Crippen LogP contribution is -2.19. The van der Waals surface area contributed by atoms with E-state index < -0.39 is 0 Å². The molecule has 1 aromatic heterocycles. The van der Waals surface area contributed by atoms with Gasteiger partial charge in [0.2, 0.25) is 0 Å². The molecule has 0 spiro atoms. The molecule has 1 aromatic carbocycles. The summed E-state index contributed by atoms with van der Waals surface area (Å²) >= 11 is 6.06. The molecular weight excluding hydrogens is 411 g/mol. The van der Waals surface area contributed by atoms with E-state index in [1.807, 2.05) is 11.3 Å². The minimum absolute atomic E-state index is 0. The molecule has 0 unspecified atom stereocenters. The second-order valence-corrected chi connectivity index (χ2v) is 7.89. The first-order valence-electron chi connectivity index (χ1n) is 5.71. The van der Waals surface area contributed by atoms with Crippen LogP contribution in [-0.2, 0) is 0 Å². The molecule has 0 bridgehead atoms. The highest BCUT2D eigenvalue weighted by Gasteiger charge is 2.32. The van der Waals surface area contributed by atoms with Crippen LogP contribution >= 0.6 is 58.1 Å². The van der Waals surface area contributed by atoms with E-state index >= 15 is 0 Å². The van der Waals surface area contributed by atoms with E-state index in [-0.39, 0.29) is 12.4 Å². The zero-order valence-electron chi connectivity index (χ0n) is 9.80. The van der Waals surface area contributed by atoms with Crippen LogP contribution in [0.3, 0.4) is 0 Å². The van der Waals surface area contributed by atoms with E-state index in [0.717, 1.165) is 13.1 Å². The van der Waals surface area contributed by atoms with Crippen LogP contribution in [0.15, 0.2) is 37.5 Å². The third-order valence-corrected chi connectivity index (χ3v) is 6.21. The summed E-state index contributed by atoms with van der Waals surface area (Å²) in [5.41, 5.74) is 2.72. The molecule has 98 valence electrons. The molecule has 2 aliphatic heterocycles. The quantitative estimate of drug-likeness (QED) is 0.616. The third-order valence-electron chi connectivity index (χ3n) is 3.17. The summed E-state index contributed by atoms with van der Waals surface area (Å²) in [4.78, 5) is 6.91. The van der Waals surface area contributed by atoms with Gasteiger partial charge >= 0.3 is 0 Å². The highest BCUT2D eigenvalue weighted by Crippen LogP contribution is 2.47. The summed E-state index contributed by atoms with van der Waals surface area (Å²) in [6.07, 6.45) is 0. The Morgan fingerprint density at radius 1 is 1.26 bits per heavy atom. The smallest absolute Gasteiger partial charge is 0.169 e. The zero-order chi connectivity index (χ0) is 12.1. The first kappa shape index (κ1) is 13.7. The fraction of sp³-hybridized carbons (Fsp3) is 0.154. The van der Waals surface area contributed by atoms with Crippen molar-refractivity contribution in [2.75, 3.05) is 13.1 Å². The SMILES string of the molecule is Cl.IC1=C(c2csc3ccccc23)N2CCN=C2S1. The molecule has 0 radical (unpaired) electrons. The molecule has 2 aliphatic rings. The predicted molar refractivity (Wildman–Crippen MR) is 96.6 cm³/mol. The molecular formula is C13H10ClIN2S2. The van der Waals surface area contributed by atoms with E-state index in [1.165, 1.54) is 29.4 Å². The molecule has 2 aromatic rings. The monoisotopic (exact) mass is 420 g/mol. The van der Waals surface area contributed by atoms with Gasteiger partial charge in [-0.3, -0.25) is 4.99 Å². The molecule has 0 aliphatic carbocycles. The number of benzene rings is 1. The minimum atomic E-state index is 0. The Kier molecular flexibility index (Phi) is 3.81. The van der Waals surface area contributed by atoms with Crippen molar-refractivity contribution in [3.8, 4) is 0 Å². The molecule has 0 saturated carbocycles. The van der Waals surface area contributed by atoms with Crippen molar-refractivity contribution in [2.24, 2.45) is 4.99 Å². The molecule has 0 atom stereocenters. The summed E-state index contributed by atoms with van der Waals surface area (Å²) in [6.45, 7) is 1.95. The van der Waals surface area contributed by atoms with Crippen molar-refractivity contribution in [2.45, 2.75) is 0 Å². The second-order valence-electron chi connectivity index (χ2n) is 4.19. The lowest BCUT2D eigenvalue weighted by atomic mass is 10.1. The lowest BCUT2D eigenvalue weighted by Gasteiger charge is -2.16. The molecule has 2 nitrogen and oxygen atoms in total. The fourth-order valence-electron chi connectivity index (χ4n) is 2.37. The van der Waals surface area contributed by atoms with Crippen molar-refractivity contribution in [3.63, 3.8) is 0 Å². The first-order chi connectivity index (χ1) is 8.84. The van der Waals surface area contributed by atoms with Crippen molar-refractivity contribution >= 4 is 79.0 Å². The summed E-state index contributed by atoms with van der Waals surface area (Å²) in [5, 5.41) is 4.81. The van der Waals surface area contributed by atoms with Gasteiger partial charge in [-0.2, -0.15) is 0 Å². The van der Waals surface area contributed by atoms with Crippen molar-refractivity contribution in [1.29, 1.82) is 0 Å². The summed E-state index contributed by atoms with van der Waals surface area (Å²) in [5.74, 6) is 0. The van der Waals surface area contributed by atoms with Crippen LogP contribution in [0.25, 0.3) is 15.8 Å². The highest BCUT2D eigenvalue weighted by atomic mass is 127. The maximum absolute atomic E-state index is 4.55. The van der Waals surface area contributed by atoms with Gasteiger partial charge in [-0.15, -0.1) is 23.7 Å². The van der Waals surface area contributed by atoms with Crippen LogP contribution in [0.1, 0.15) is 5.56 Å². The zero-order valence-corrected chi connectivity index (χ0v) is 14.4. The van der Waals surface area contributed by atoms with Crippen LogP contribution in [0, 0.1) is 0 Å². The van der Waals surface area contributed by atoms with E-state index in [2.05, 4.69) is 62.1 Å². The predicted octanol–water partition coefficient (Wildman–Crippen LogP) is 4.80. The number of thioether (sulfide) groups is 1. The van der Waals surface area contributed by atoms with Gasteiger partial charge in [0.25, 0.3) is 0 Å². The van der Waals surface area contributed by atoms with Gasteiger partial charge in [-0.05, 0) is 40.4 Å². The van der Waals surface area contributed by atoms with E-state index in [9.17, 15) is 0 Å². The Morgan fingerprint density at radius 2 is 2.11 bits per heavy atom. The average Bonchev–Trinajstić information content (AvgIpc) is 3.03. The number of nitrogens with zero attached hydrogens (tertiary/aromatic N) is 2. The van der Waals surface area contributed by atoms with E-state index in [4.69, 9.17) is 0 Å². The number of halogens is 2. The van der Waals surface area contributed by atoms with Gasteiger partial charge < -0.3 is 4.90 Å². The summed E-state index contributed by atoms with van der Waals surface area (Å²) in [6, 6.07) is 8.63. The molecule has 4 rings (SSSR count). The standard InChI is InChI=1S/C13H9IN2S2.ClH/c14-12-11(16-6-5-15-13(16)18-12)9-7-17-10-4-2-1-3-8(9)10;/h1-4,7H,5-6H2;1H. The Bertz CT molecular complexity index is 707. The van der Waals surface area contributed by atoms with Gasteiger partial charge in [-0.25, -0.2) is 0 Å². The van der Waals surface area contributed by atoms with Crippen molar-refractivity contribution in [3.05, 3.63) is 38.1 Å². The van der Waals surface area contributed by atoms with Crippen molar-refractivity contribution < 1.29 is 0 Å². The van der Waals surface area contributed by atoms with Gasteiger partial charge in [0, 0.05) is 27.6 Å². The van der Waals surface area contributed by atoms with Crippen LogP contribution in [0.2, 0.25) is 0 Å². The Labute approximate surface area is 139 Å². The van der Waals surface area contributed by atoms with Gasteiger partial charge in [-0.1, -0.05) is 18.2 Å². The highest BCUT2D eigenvalue weighted by molar-refractivity contribution is 14.1. The molecule has 3 heterocycles. The van der Waals surface area contributed by atoms with Crippen LogP contribution in [0.4, 0.5) is 0 Å². The van der Waals surface area contributed by atoms with Gasteiger partial charge in [0.05, 0.1) is 15.2 Å². The average molecular weight is 421 g/mol. The van der Waals surface area contributed by atoms with Gasteiger partial charge in [0.1, 0.15) is 0 Å². The third kappa shape index (κ3) is 2.11. The largest absolute Gasteiger partial charge is 0.317 e. The molecule has 6 heteroatoms. The van der Waals surface area contributed by atoms with Crippen LogP contribution in [0.5, 0.6) is 0 Å².